The van der Waals surface area contributed by atoms with Gasteiger partial charge in [0.2, 0.25) is 17.7 Å². The van der Waals surface area contributed by atoms with Gasteiger partial charge in [0.25, 0.3) is 0 Å². The number of nitrogens with one attached hydrogen (secondary N) is 2. The second-order valence-corrected chi connectivity index (χ2v) is 10.4. The van der Waals surface area contributed by atoms with Gasteiger partial charge in [-0.2, -0.15) is 0 Å². The molecule has 3 amide bonds. The van der Waals surface area contributed by atoms with E-state index in [0.29, 0.717) is 12.3 Å². The number of hydrogen-bond acceptors (Lipinski definition) is 5. The molecule has 0 radical (unpaired) electrons. The molecule has 2 bridgehead atoms. The molecule has 1 spiro atoms. The summed E-state index contributed by atoms with van der Waals surface area (Å²) in [5, 5.41) is 6.17. The van der Waals surface area contributed by atoms with Crippen LogP contribution in [0.2, 0.25) is 0 Å². The Labute approximate surface area is 206 Å². The third-order valence-corrected chi connectivity index (χ3v) is 8.19. The zero-order chi connectivity index (χ0) is 24.7. The lowest BCUT2D eigenvalue weighted by molar-refractivity contribution is -0.142. The smallest absolute Gasteiger partial charge is 0.246 e. The molecule has 5 rings (SSSR count). The van der Waals surface area contributed by atoms with Gasteiger partial charge in [-0.15, -0.1) is 0 Å². The van der Waals surface area contributed by atoms with Crippen molar-refractivity contribution in [1.82, 2.24) is 10.2 Å². The molecule has 2 N–H and O–H groups in total. The summed E-state index contributed by atoms with van der Waals surface area (Å²) in [6.45, 7) is 4.58. The van der Waals surface area contributed by atoms with Gasteiger partial charge in [0, 0.05) is 25.4 Å². The van der Waals surface area contributed by atoms with Crippen LogP contribution in [0.15, 0.2) is 30.4 Å². The van der Waals surface area contributed by atoms with E-state index in [0.717, 1.165) is 36.8 Å². The van der Waals surface area contributed by atoms with Crippen molar-refractivity contribution in [3.63, 3.8) is 0 Å². The fraction of sp³-hybridized carbons (Fsp3) is 0.593. The molecular formula is C27H35N3O5. The van der Waals surface area contributed by atoms with Gasteiger partial charge in [-0.3, -0.25) is 14.4 Å². The van der Waals surface area contributed by atoms with Crippen molar-refractivity contribution in [1.29, 1.82) is 0 Å². The van der Waals surface area contributed by atoms with E-state index >= 15 is 0 Å². The Hall–Kier alpha value is -2.71. The topological polar surface area (TPSA) is 97.0 Å². The minimum atomic E-state index is -1.14. The predicted octanol–water partition coefficient (Wildman–Crippen LogP) is 2.49. The number of amides is 3. The van der Waals surface area contributed by atoms with Crippen LogP contribution in [-0.4, -0.2) is 66.7 Å². The maximum atomic E-state index is 13.7. The Morgan fingerprint density at radius 2 is 1.91 bits per heavy atom. The van der Waals surface area contributed by atoms with Crippen molar-refractivity contribution in [2.75, 3.05) is 25.6 Å². The molecule has 1 aliphatic carbocycles. The van der Waals surface area contributed by atoms with E-state index < -0.39 is 29.6 Å². The van der Waals surface area contributed by atoms with Crippen molar-refractivity contribution < 1.29 is 23.9 Å². The molecule has 4 aliphatic rings. The second-order valence-electron chi connectivity index (χ2n) is 10.4. The van der Waals surface area contributed by atoms with Gasteiger partial charge in [-0.25, -0.2) is 0 Å². The number of benzene rings is 1. The summed E-state index contributed by atoms with van der Waals surface area (Å²) in [5.74, 6) is -2.14. The summed E-state index contributed by atoms with van der Waals surface area (Å²) in [5.41, 5.74) is 1.76. The van der Waals surface area contributed by atoms with Crippen LogP contribution in [0.4, 0.5) is 5.69 Å². The minimum absolute atomic E-state index is 0.109. The number of carbonyl (C=O) groups excluding carboxylic acids is 3. The van der Waals surface area contributed by atoms with E-state index in [9.17, 15) is 14.4 Å². The molecule has 0 aromatic heterocycles. The van der Waals surface area contributed by atoms with E-state index in [2.05, 4.69) is 10.6 Å². The van der Waals surface area contributed by atoms with Crippen LogP contribution in [0.25, 0.3) is 0 Å². The van der Waals surface area contributed by atoms with E-state index in [4.69, 9.17) is 9.47 Å². The maximum Gasteiger partial charge on any atom is 0.246 e. The first kappa shape index (κ1) is 24.0. The van der Waals surface area contributed by atoms with Crippen molar-refractivity contribution in [3.8, 4) is 0 Å². The summed E-state index contributed by atoms with van der Waals surface area (Å²) in [6.07, 6.45) is 8.41. The van der Waals surface area contributed by atoms with E-state index in [1.807, 2.05) is 44.2 Å². The molecule has 8 heteroatoms. The highest BCUT2D eigenvalue weighted by molar-refractivity contribution is 6.02. The van der Waals surface area contributed by atoms with Crippen LogP contribution >= 0.6 is 0 Å². The minimum Gasteiger partial charge on any atom is -0.383 e. The highest BCUT2D eigenvalue weighted by atomic mass is 16.5. The molecule has 5 atom stereocenters. The van der Waals surface area contributed by atoms with Crippen molar-refractivity contribution >= 4 is 23.4 Å². The normalized spacial score (nSPS) is 31.6. The number of nitrogens with zero attached hydrogens (tertiary/aromatic N) is 1. The molecule has 1 aromatic rings. The summed E-state index contributed by atoms with van der Waals surface area (Å²) in [6, 6.07) is 5.04. The number of ether oxygens (including phenoxy) is 2. The lowest BCUT2D eigenvalue weighted by atomic mass is 9.74. The molecular weight excluding hydrogens is 446 g/mol. The zero-order valence-corrected chi connectivity index (χ0v) is 20.7. The molecule has 8 nitrogen and oxygen atoms in total. The van der Waals surface area contributed by atoms with Gasteiger partial charge in [-0.05, 0) is 49.9 Å². The maximum absolute atomic E-state index is 13.7. The highest BCUT2D eigenvalue weighted by Gasteiger charge is 2.72. The van der Waals surface area contributed by atoms with Crippen LogP contribution in [0.1, 0.15) is 43.2 Å². The van der Waals surface area contributed by atoms with Crippen LogP contribution in [0, 0.1) is 25.7 Å². The number of likely N-dealkylation sites (tertiary alicyclic amines) is 1. The van der Waals surface area contributed by atoms with Crippen LogP contribution in [0.3, 0.4) is 0 Å². The first-order chi connectivity index (χ1) is 16.9. The summed E-state index contributed by atoms with van der Waals surface area (Å²) in [4.78, 5) is 42.4. The van der Waals surface area contributed by atoms with Gasteiger partial charge >= 0.3 is 0 Å². The molecule has 1 saturated carbocycles. The molecule has 0 unspecified atom stereocenters. The van der Waals surface area contributed by atoms with Crippen molar-refractivity contribution in [3.05, 3.63) is 41.5 Å². The van der Waals surface area contributed by atoms with E-state index in [-0.39, 0.29) is 30.3 Å². The molecule has 35 heavy (non-hydrogen) atoms. The third-order valence-electron chi connectivity index (χ3n) is 8.19. The average molecular weight is 482 g/mol. The number of carbonyl (C=O) groups is 3. The predicted molar refractivity (Wildman–Crippen MR) is 131 cm³/mol. The quantitative estimate of drug-likeness (QED) is 0.584. The highest BCUT2D eigenvalue weighted by Crippen LogP contribution is 2.55. The van der Waals surface area contributed by atoms with Crippen LogP contribution in [-0.2, 0) is 23.9 Å². The van der Waals surface area contributed by atoms with Crippen molar-refractivity contribution in [2.45, 2.75) is 69.7 Å². The van der Waals surface area contributed by atoms with Crippen LogP contribution < -0.4 is 10.6 Å². The largest absolute Gasteiger partial charge is 0.383 e. The number of fused-ring (bicyclic) bond motifs is 1. The third kappa shape index (κ3) is 4.06. The summed E-state index contributed by atoms with van der Waals surface area (Å²) < 4.78 is 11.6. The number of methoxy groups -OCH3 is 1. The van der Waals surface area contributed by atoms with Gasteiger partial charge in [0.1, 0.15) is 11.6 Å². The average Bonchev–Trinajstić information content (AvgIpc) is 3.48. The first-order valence-electron chi connectivity index (χ1n) is 12.7. The molecule has 3 fully saturated rings. The summed E-state index contributed by atoms with van der Waals surface area (Å²) >= 11 is 0. The Kier molecular flexibility index (Phi) is 6.44. The molecule has 2 saturated heterocycles. The monoisotopic (exact) mass is 481 g/mol. The number of aryl methyl sites for hydroxylation is 2. The molecule has 3 heterocycles. The molecule has 3 aliphatic heterocycles. The number of rotatable bonds is 7. The standard InChI is InChI=1S/C27H35N3O5/c1-16-9-10-19(15-17(16)2)29-24(31)21-20-11-12-27(35-20)22(21)26(33)30(13-14-34-3)23(27)25(32)28-18-7-5-4-6-8-18/h9-12,15,18,20-23H,4-8,13-14H2,1-3H3,(H,28,32)(H,29,31)/t20-,21-,22-,23+,27+/m1/s1. The summed E-state index contributed by atoms with van der Waals surface area (Å²) in [7, 11) is 1.57. The second kappa shape index (κ2) is 9.39. The Balaban J connectivity index is 1.42. The van der Waals surface area contributed by atoms with Gasteiger partial charge in [0.15, 0.2) is 0 Å². The number of anilines is 1. The zero-order valence-electron chi connectivity index (χ0n) is 20.7. The Bertz CT molecular complexity index is 1050. The SMILES string of the molecule is COCCN1C(=O)[C@H]2[C@H](C(=O)Nc3ccc(C)c(C)c3)[C@H]3C=C[C@@]2(O3)[C@@H]1C(=O)NC1CCCCC1. The van der Waals surface area contributed by atoms with E-state index in [1.54, 1.807) is 12.0 Å². The van der Waals surface area contributed by atoms with Crippen molar-refractivity contribution in [2.24, 2.45) is 11.8 Å². The Morgan fingerprint density at radius 1 is 1.14 bits per heavy atom. The number of hydrogen-bond donors (Lipinski definition) is 2. The van der Waals surface area contributed by atoms with Crippen LogP contribution in [0.5, 0.6) is 0 Å². The fourth-order valence-electron chi connectivity index (χ4n) is 6.27. The first-order valence-corrected chi connectivity index (χ1v) is 12.7. The fourth-order valence-corrected chi connectivity index (χ4v) is 6.27. The van der Waals surface area contributed by atoms with E-state index in [1.165, 1.54) is 6.42 Å². The Morgan fingerprint density at radius 3 is 2.63 bits per heavy atom. The lowest BCUT2D eigenvalue weighted by Gasteiger charge is -2.34. The van der Waals surface area contributed by atoms with Gasteiger partial charge < -0.3 is 25.0 Å². The lowest BCUT2D eigenvalue weighted by Crippen LogP contribution is -2.57. The molecule has 1 aromatic carbocycles. The van der Waals surface area contributed by atoms with Gasteiger partial charge in [0.05, 0.1) is 24.5 Å². The van der Waals surface area contributed by atoms with Gasteiger partial charge in [-0.1, -0.05) is 37.5 Å². The molecule has 188 valence electrons.